The summed E-state index contributed by atoms with van der Waals surface area (Å²) in [6.07, 6.45) is 3.46. The Bertz CT molecular complexity index is 383. The Kier molecular flexibility index (Phi) is 4.52. The van der Waals surface area contributed by atoms with Crippen LogP contribution in [0.3, 0.4) is 0 Å². The quantitative estimate of drug-likeness (QED) is 0.756. The van der Waals surface area contributed by atoms with Crippen molar-refractivity contribution < 1.29 is 19.8 Å². The first kappa shape index (κ1) is 15.1. The van der Waals surface area contributed by atoms with E-state index in [9.17, 15) is 14.7 Å². The molecular formula is C14H24N2O4. The van der Waals surface area contributed by atoms with Gasteiger partial charge in [0.25, 0.3) is 0 Å². The Balaban J connectivity index is 1.95. The number of carboxylic acids is 1. The van der Waals surface area contributed by atoms with Crippen molar-refractivity contribution in [2.24, 2.45) is 5.92 Å². The summed E-state index contributed by atoms with van der Waals surface area (Å²) < 4.78 is 0. The molecule has 0 aliphatic carbocycles. The van der Waals surface area contributed by atoms with Gasteiger partial charge in [-0.3, -0.25) is 4.79 Å². The summed E-state index contributed by atoms with van der Waals surface area (Å²) in [6.45, 7) is 3.93. The first-order valence-electron chi connectivity index (χ1n) is 7.38. The van der Waals surface area contributed by atoms with Gasteiger partial charge in [-0.1, -0.05) is 0 Å². The molecule has 2 atom stereocenters. The molecule has 2 amide bonds. The zero-order chi connectivity index (χ0) is 14.8. The maximum absolute atomic E-state index is 12.5. The minimum Gasteiger partial charge on any atom is -0.481 e. The fraction of sp³-hybridized carbons (Fsp3) is 0.857. The fourth-order valence-corrected chi connectivity index (χ4v) is 3.01. The van der Waals surface area contributed by atoms with Crippen molar-refractivity contribution in [2.75, 3.05) is 26.2 Å². The lowest BCUT2D eigenvalue weighted by Crippen LogP contribution is -2.49. The number of aliphatic carboxylic acids is 1. The topological polar surface area (TPSA) is 81.1 Å². The predicted molar refractivity (Wildman–Crippen MR) is 73.4 cm³/mol. The molecule has 20 heavy (non-hydrogen) atoms. The van der Waals surface area contributed by atoms with E-state index in [0.717, 1.165) is 12.8 Å². The highest BCUT2D eigenvalue weighted by Crippen LogP contribution is 2.23. The third-order valence-electron chi connectivity index (χ3n) is 4.38. The van der Waals surface area contributed by atoms with Crippen molar-refractivity contribution in [3.63, 3.8) is 0 Å². The van der Waals surface area contributed by atoms with Crippen LogP contribution in [-0.2, 0) is 4.79 Å². The smallest absolute Gasteiger partial charge is 0.320 e. The van der Waals surface area contributed by atoms with Gasteiger partial charge in [-0.15, -0.1) is 0 Å². The van der Waals surface area contributed by atoms with E-state index in [2.05, 4.69) is 0 Å². The van der Waals surface area contributed by atoms with Crippen molar-refractivity contribution in [3.05, 3.63) is 0 Å². The molecule has 0 aromatic carbocycles. The van der Waals surface area contributed by atoms with Crippen LogP contribution in [0.25, 0.3) is 0 Å². The molecule has 2 fully saturated rings. The van der Waals surface area contributed by atoms with Crippen molar-refractivity contribution in [1.82, 2.24) is 9.80 Å². The molecule has 2 aliphatic rings. The number of rotatable bonds is 1. The Morgan fingerprint density at radius 3 is 2.50 bits per heavy atom. The summed E-state index contributed by atoms with van der Waals surface area (Å²) in [4.78, 5) is 26.9. The van der Waals surface area contributed by atoms with Crippen molar-refractivity contribution >= 4 is 12.0 Å². The second kappa shape index (κ2) is 5.99. The van der Waals surface area contributed by atoms with Crippen LogP contribution in [0.4, 0.5) is 4.79 Å². The van der Waals surface area contributed by atoms with E-state index in [4.69, 9.17) is 5.11 Å². The van der Waals surface area contributed by atoms with Crippen molar-refractivity contribution in [1.29, 1.82) is 0 Å². The SMILES string of the molecule is CC1(O)CCCN(C(=O)N2CCC[C@@H](C(=O)O)C2)CC1. The number of carboxylic acid groups (broad SMARTS) is 1. The van der Waals surface area contributed by atoms with Gasteiger partial charge in [0.1, 0.15) is 0 Å². The fourth-order valence-electron chi connectivity index (χ4n) is 3.01. The Hall–Kier alpha value is -1.30. The zero-order valence-electron chi connectivity index (χ0n) is 12.0. The maximum Gasteiger partial charge on any atom is 0.320 e. The molecule has 0 spiro atoms. The molecule has 2 heterocycles. The minimum atomic E-state index is -0.818. The van der Waals surface area contributed by atoms with Crippen LogP contribution in [0.1, 0.15) is 39.0 Å². The average Bonchev–Trinajstić information content (AvgIpc) is 2.59. The maximum atomic E-state index is 12.5. The minimum absolute atomic E-state index is 0.0753. The zero-order valence-corrected chi connectivity index (χ0v) is 12.0. The summed E-state index contributed by atoms with van der Waals surface area (Å²) in [5, 5.41) is 19.1. The monoisotopic (exact) mass is 284 g/mol. The summed E-state index contributed by atoms with van der Waals surface area (Å²) in [5.74, 6) is -1.26. The van der Waals surface area contributed by atoms with Gasteiger partial charge in [-0.05, 0) is 39.0 Å². The predicted octanol–water partition coefficient (Wildman–Crippen LogP) is 1.14. The Labute approximate surface area is 119 Å². The lowest BCUT2D eigenvalue weighted by molar-refractivity contribution is -0.143. The highest BCUT2D eigenvalue weighted by Gasteiger charge is 2.32. The van der Waals surface area contributed by atoms with E-state index in [-0.39, 0.29) is 6.03 Å². The van der Waals surface area contributed by atoms with Gasteiger partial charge in [0, 0.05) is 26.2 Å². The molecule has 0 bridgehead atoms. The van der Waals surface area contributed by atoms with Crippen LogP contribution < -0.4 is 0 Å². The molecule has 114 valence electrons. The molecular weight excluding hydrogens is 260 g/mol. The van der Waals surface area contributed by atoms with Gasteiger partial charge in [-0.25, -0.2) is 4.79 Å². The number of carbonyl (C=O) groups is 2. The third kappa shape index (κ3) is 3.62. The van der Waals surface area contributed by atoms with Gasteiger partial charge in [0.15, 0.2) is 0 Å². The number of likely N-dealkylation sites (tertiary alicyclic amines) is 2. The molecule has 0 aromatic rings. The number of hydrogen-bond donors (Lipinski definition) is 2. The van der Waals surface area contributed by atoms with Crippen LogP contribution >= 0.6 is 0 Å². The number of aliphatic hydroxyl groups is 1. The van der Waals surface area contributed by atoms with Gasteiger partial charge in [0.05, 0.1) is 11.5 Å². The molecule has 2 aliphatic heterocycles. The third-order valence-corrected chi connectivity index (χ3v) is 4.38. The first-order chi connectivity index (χ1) is 9.39. The second-order valence-electron chi connectivity index (χ2n) is 6.24. The number of amides is 2. The van der Waals surface area contributed by atoms with E-state index in [1.54, 1.807) is 9.80 Å². The van der Waals surface area contributed by atoms with Crippen molar-refractivity contribution in [3.8, 4) is 0 Å². The number of nitrogens with zero attached hydrogens (tertiary/aromatic N) is 2. The van der Waals surface area contributed by atoms with Crippen LogP contribution in [0.5, 0.6) is 0 Å². The Morgan fingerprint density at radius 2 is 1.80 bits per heavy atom. The molecule has 6 nitrogen and oxygen atoms in total. The first-order valence-corrected chi connectivity index (χ1v) is 7.38. The van der Waals surface area contributed by atoms with E-state index in [1.807, 2.05) is 6.92 Å². The summed E-state index contributed by atoms with van der Waals surface area (Å²) in [7, 11) is 0. The summed E-state index contributed by atoms with van der Waals surface area (Å²) >= 11 is 0. The molecule has 2 rings (SSSR count). The van der Waals surface area contributed by atoms with Gasteiger partial charge in [-0.2, -0.15) is 0 Å². The molecule has 0 saturated carbocycles. The van der Waals surface area contributed by atoms with E-state index >= 15 is 0 Å². The van der Waals surface area contributed by atoms with Crippen LogP contribution in [0.15, 0.2) is 0 Å². The van der Waals surface area contributed by atoms with E-state index < -0.39 is 17.5 Å². The van der Waals surface area contributed by atoms with E-state index in [0.29, 0.717) is 45.4 Å². The lowest BCUT2D eigenvalue weighted by atomic mass is 9.98. The standard InChI is InChI=1S/C14H24N2O4/c1-14(20)5-3-8-15(9-6-14)13(19)16-7-2-4-11(10-16)12(17)18/h11,20H,2-10H2,1H3,(H,17,18)/t11-,14?/m1/s1. The lowest BCUT2D eigenvalue weighted by Gasteiger charge is -2.35. The number of piperidine rings is 1. The van der Waals surface area contributed by atoms with Crippen molar-refractivity contribution in [2.45, 2.75) is 44.6 Å². The molecule has 2 N–H and O–H groups in total. The molecule has 2 saturated heterocycles. The molecule has 1 unspecified atom stereocenters. The highest BCUT2D eigenvalue weighted by molar-refractivity contribution is 5.76. The van der Waals surface area contributed by atoms with E-state index in [1.165, 1.54) is 0 Å². The molecule has 6 heteroatoms. The largest absolute Gasteiger partial charge is 0.481 e. The summed E-state index contributed by atoms with van der Waals surface area (Å²) in [6, 6.07) is -0.0753. The normalized spacial score (nSPS) is 31.8. The van der Waals surface area contributed by atoms with Gasteiger partial charge >= 0.3 is 12.0 Å². The number of urea groups is 1. The van der Waals surface area contributed by atoms with Crippen LogP contribution in [-0.4, -0.2) is 63.8 Å². The second-order valence-corrected chi connectivity index (χ2v) is 6.24. The van der Waals surface area contributed by atoms with Crippen LogP contribution in [0, 0.1) is 5.92 Å². The Morgan fingerprint density at radius 1 is 1.10 bits per heavy atom. The van der Waals surface area contributed by atoms with Gasteiger partial charge < -0.3 is 20.0 Å². The highest BCUT2D eigenvalue weighted by atomic mass is 16.4. The number of hydrogen-bond acceptors (Lipinski definition) is 3. The van der Waals surface area contributed by atoms with Gasteiger partial charge in [0.2, 0.25) is 0 Å². The average molecular weight is 284 g/mol. The molecule has 0 aromatic heterocycles. The molecule has 0 radical (unpaired) electrons. The van der Waals surface area contributed by atoms with Crippen LogP contribution in [0.2, 0.25) is 0 Å². The number of carbonyl (C=O) groups excluding carboxylic acids is 1. The summed E-state index contributed by atoms with van der Waals surface area (Å²) in [5.41, 5.74) is -0.694.